The van der Waals surface area contributed by atoms with E-state index in [9.17, 15) is 0 Å². The summed E-state index contributed by atoms with van der Waals surface area (Å²) in [5, 5.41) is 13.2. The molecule has 0 unspecified atom stereocenters. The summed E-state index contributed by atoms with van der Waals surface area (Å²) in [6.45, 7) is 2.11. The van der Waals surface area contributed by atoms with Gasteiger partial charge in [-0.3, -0.25) is 0 Å². The molecule has 1 aliphatic heterocycles. The minimum atomic E-state index is 0.301. The van der Waals surface area contributed by atoms with E-state index in [0.717, 1.165) is 35.2 Å². The first-order valence-corrected chi connectivity index (χ1v) is 6.90. The Hall–Kier alpha value is -1.58. The first kappa shape index (κ1) is 12.5. The number of nitriles is 1. The van der Waals surface area contributed by atoms with Crippen LogP contribution in [0.15, 0.2) is 21.2 Å². The molecule has 5 nitrogen and oxygen atoms in total. The zero-order chi connectivity index (χ0) is 13.4. The maximum atomic E-state index is 8.86. The van der Waals surface area contributed by atoms with Gasteiger partial charge in [-0.15, -0.1) is 0 Å². The van der Waals surface area contributed by atoms with Gasteiger partial charge in [-0.25, -0.2) is 4.98 Å². The molecule has 0 bridgehead atoms. The molecule has 3 rings (SSSR count). The molecule has 3 heterocycles. The molecule has 1 atom stereocenters. The first-order valence-electron chi connectivity index (χ1n) is 6.10. The Labute approximate surface area is 119 Å². The van der Waals surface area contributed by atoms with Crippen LogP contribution in [0.2, 0.25) is 0 Å². The predicted molar refractivity (Wildman–Crippen MR) is 75.9 cm³/mol. The lowest BCUT2D eigenvalue weighted by Crippen LogP contribution is -2.24. The van der Waals surface area contributed by atoms with Crippen molar-refractivity contribution in [2.24, 2.45) is 0 Å². The molecule has 0 radical (unpaired) electrons. The van der Waals surface area contributed by atoms with Gasteiger partial charge < -0.3 is 14.6 Å². The lowest BCUT2D eigenvalue weighted by atomic mass is 10.2. The molecule has 1 N–H and O–H groups in total. The van der Waals surface area contributed by atoms with E-state index in [0.29, 0.717) is 17.4 Å². The fraction of sp³-hybridized carbons (Fsp3) is 0.385. The average Bonchev–Trinajstić information content (AvgIpc) is 2.99. The smallest absolute Gasteiger partial charge is 0.204 e. The summed E-state index contributed by atoms with van der Waals surface area (Å²) in [4.78, 5) is 6.65. The quantitative estimate of drug-likeness (QED) is 0.921. The van der Waals surface area contributed by atoms with E-state index in [4.69, 9.17) is 9.68 Å². The van der Waals surface area contributed by atoms with Gasteiger partial charge in [0.2, 0.25) is 5.76 Å². The van der Waals surface area contributed by atoms with E-state index in [2.05, 4.69) is 38.2 Å². The molecule has 1 fully saturated rings. The topological polar surface area (TPSA) is 65.1 Å². The SMILES string of the molecule is CN1CC[C@H](Nc2ncc3oc(C#N)cc3c2Br)C1. The second-order valence-corrected chi connectivity index (χ2v) is 5.61. The number of nitrogens with one attached hydrogen (secondary N) is 1. The van der Waals surface area contributed by atoms with Crippen LogP contribution in [-0.4, -0.2) is 36.1 Å². The lowest BCUT2D eigenvalue weighted by Gasteiger charge is -2.14. The molecule has 0 aromatic carbocycles. The highest BCUT2D eigenvalue weighted by Crippen LogP contribution is 2.32. The zero-order valence-corrected chi connectivity index (χ0v) is 12.1. The van der Waals surface area contributed by atoms with Crippen molar-refractivity contribution in [2.45, 2.75) is 12.5 Å². The van der Waals surface area contributed by atoms with Crippen LogP contribution in [0.5, 0.6) is 0 Å². The number of pyridine rings is 1. The van der Waals surface area contributed by atoms with Gasteiger partial charge in [-0.1, -0.05) is 0 Å². The summed E-state index contributed by atoms with van der Waals surface area (Å²) in [5.74, 6) is 1.10. The number of aromatic nitrogens is 1. The highest BCUT2D eigenvalue weighted by Gasteiger charge is 2.21. The number of halogens is 1. The Morgan fingerprint density at radius 1 is 1.63 bits per heavy atom. The molecule has 19 heavy (non-hydrogen) atoms. The minimum Gasteiger partial charge on any atom is -0.444 e. The van der Waals surface area contributed by atoms with E-state index < -0.39 is 0 Å². The maximum absolute atomic E-state index is 8.86. The normalized spacial score (nSPS) is 19.7. The molecule has 2 aromatic rings. The predicted octanol–water partition coefficient (Wildman–Crippen LogP) is 2.58. The van der Waals surface area contributed by atoms with Crippen molar-refractivity contribution >= 4 is 32.7 Å². The third kappa shape index (κ3) is 2.31. The molecule has 0 aliphatic carbocycles. The van der Waals surface area contributed by atoms with E-state index in [1.165, 1.54) is 0 Å². The summed E-state index contributed by atoms with van der Waals surface area (Å²) in [5.41, 5.74) is 0.623. The van der Waals surface area contributed by atoms with Gasteiger partial charge in [0.05, 0.1) is 10.7 Å². The fourth-order valence-electron chi connectivity index (χ4n) is 2.38. The van der Waals surface area contributed by atoms with Crippen molar-refractivity contribution in [3.05, 3.63) is 22.5 Å². The number of likely N-dealkylation sites (N-methyl/N-ethyl adjacent to an activating group) is 1. The number of likely N-dealkylation sites (tertiary alicyclic amines) is 1. The molecule has 0 spiro atoms. The summed E-state index contributed by atoms with van der Waals surface area (Å²) in [6.07, 6.45) is 2.76. The third-order valence-corrected chi connectivity index (χ3v) is 4.16. The number of nitrogens with zero attached hydrogens (tertiary/aromatic N) is 3. The van der Waals surface area contributed by atoms with Gasteiger partial charge in [-0.05, 0) is 35.9 Å². The molecule has 98 valence electrons. The monoisotopic (exact) mass is 320 g/mol. The minimum absolute atomic E-state index is 0.301. The molecule has 6 heteroatoms. The third-order valence-electron chi connectivity index (χ3n) is 3.36. The van der Waals surface area contributed by atoms with Gasteiger partial charge in [0.1, 0.15) is 11.9 Å². The summed E-state index contributed by atoms with van der Waals surface area (Å²) >= 11 is 3.54. The van der Waals surface area contributed by atoms with E-state index >= 15 is 0 Å². The van der Waals surface area contributed by atoms with Crippen LogP contribution in [0.3, 0.4) is 0 Å². The van der Waals surface area contributed by atoms with Crippen LogP contribution in [0, 0.1) is 11.3 Å². The molecule has 0 amide bonds. The van der Waals surface area contributed by atoms with Gasteiger partial charge in [0.25, 0.3) is 0 Å². The van der Waals surface area contributed by atoms with E-state index in [-0.39, 0.29) is 0 Å². The molecule has 2 aromatic heterocycles. The summed E-state index contributed by atoms with van der Waals surface area (Å²) in [6, 6.07) is 4.14. The largest absolute Gasteiger partial charge is 0.444 e. The van der Waals surface area contributed by atoms with Gasteiger partial charge >= 0.3 is 0 Å². The second-order valence-electron chi connectivity index (χ2n) is 4.81. The molecule has 1 saturated heterocycles. The Kier molecular flexibility index (Phi) is 3.17. The highest BCUT2D eigenvalue weighted by molar-refractivity contribution is 9.10. The van der Waals surface area contributed by atoms with Crippen LogP contribution in [0.1, 0.15) is 12.2 Å². The fourth-order valence-corrected chi connectivity index (χ4v) is 2.91. The summed E-state index contributed by atoms with van der Waals surface area (Å²) in [7, 11) is 2.11. The number of hydrogen-bond acceptors (Lipinski definition) is 5. The average molecular weight is 321 g/mol. The first-order chi connectivity index (χ1) is 9.17. The Bertz CT molecular complexity index is 660. The van der Waals surface area contributed by atoms with Crippen LogP contribution < -0.4 is 5.32 Å². The van der Waals surface area contributed by atoms with Crippen molar-refractivity contribution in [3.8, 4) is 6.07 Å². The van der Waals surface area contributed by atoms with Crippen molar-refractivity contribution in [1.29, 1.82) is 5.26 Å². The van der Waals surface area contributed by atoms with Crippen LogP contribution in [-0.2, 0) is 0 Å². The standard InChI is InChI=1S/C13H13BrN4O/c1-18-3-2-8(7-18)17-13-12(14)10-4-9(5-15)19-11(10)6-16-13/h4,6,8H,2-3,7H2,1H3,(H,16,17)/t8-/m0/s1. The maximum Gasteiger partial charge on any atom is 0.204 e. The Balaban J connectivity index is 1.92. The van der Waals surface area contributed by atoms with Gasteiger partial charge in [-0.2, -0.15) is 5.26 Å². The number of hydrogen-bond donors (Lipinski definition) is 1. The van der Waals surface area contributed by atoms with Crippen molar-refractivity contribution in [2.75, 3.05) is 25.5 Å². The second kappa shape index (κ2) is 4.83. The van der Waals surface area contributed by atoms with Crippen LogP contribution in [0.4, 0.5) is 5.82 Å². The number of anilines is 1. The molecular weight excluding hydrogens is 308 g/mol. The van der Waals surface area contributed by atoms with Crippen LogP contribution >= 0.6 is 15.9 Å². The van der Waals surface area contributed by atoms with Crippen LogP contribution in [0.25, 0.3) is 11.0 Å². The van der Waals surface area contributed by atoms with E-state index in [1.807, 2.05) is 6.07 Å². The summed E-state index contributed by atoms with van der Waals surface area (Å²) < 4.78 is 6.20. The number of fused-ring (bicyclic) bond motifs is 1. The highest BCUT2D eigenvalue weighted by atomic mass is 79.9. The molecule has 1 aliphatic rings. The number of furan rings is 1. The molecule has 0 saturated carbocycles. The van der Waals surface area contributed by atoms with E-state index in [1.54, 1.807) is 12.3 Å². The van der Waals surface area contributed by atoms with Crippen molar-refractivity contribution < 1.29 is 4.42 Å². The number of rotatable bonds is 2. The molecular formula is C13H13BrN4O. The zero-order valence-electron chi connectivity index (χ0n) is 10.5. The van der Waals surface area contributed by atoms with Gasteiger partial charge in [0.15, 0.2) is 5.58 Å². The van der Waals surface area contributed by atoms with Gasteiger partial charge in [0, 0.05) is 24.0 Å². The lowest BCUT2D eigenvalue weighted by molar-refractivity contribution is 0.414. The Morgan fingerprint density at radius 2 is 2.47 bits per heavy atom. The van der Waals surface area contributed by atoms with Crippen molar-refractivity contribution in [3.63, 3.8) is 0 Å². The Morgan fingerprint density at radius 3 is 3.16 bits per heavy atom. The van der Waals surface area contributed by atoms with Crippen molar-refractivity contribution in [1.82, 2.24) is 9.88 Å².